The summed E-state index contributed by atoms with van der Waals surface area (Å²) in [5.41, 5.74) is 1.47. The highest BCUT2D eigenvalue weighted by Crippen LogP contribution is 2.32. The Hall–Kier alpha value is -2.94. The second-order valence-corrected chi connectivity index (χ2v) is 5.03. The summed E-state index contributed by atoms with van der Waals surface area (Å²) in [4.78, 5) is 3.97. The average molecular weight is 289 g/mol. The van der Waals surface area contributed by atoms with Crippen molar-refractivity contribution in [1.29, 1.82) is 0 Å². The Kier molecular flexibility index (Phi) is 2.97. The molecule has 3 heteroatoms. The summed E-state index contributed by atoms with van der Waals surface area (Å²) in [5.74, 6) is -0.120. The van der Waals surface area contributed by atoms with Crippen molar-refractivity contribution >= 4 is 10.8 Å². The van der Waals surface area contributed by atoms with Crippen LogP contribution in [0.4, 0.5) is 4.39 Å². The predicted molar refractivity (Wildman–Crippen MR) is 84.8 cm³/mol. The van der Waals surface area contributed by atoms with E-state index in [4.69, 9.17) is 4.42 Å². The lowest BCUT2D eigenvalue weighted by atomic mass is 10.0. The van der Waals surface area contributed by atoms with Crippen LogP contribution < -0.4 is 0 Å². The van der Waals surface area contributed by atoms with Gasteiger partial charge in [0.25, 0.3) is 5.95 Å². The van der Waals surface area contributed by atoms with Gasteiger partial charge in [-0.15, -0.1) is 0 Å². The zero-order valence-corrected chi connectivity index (χ0v) is 11.7. The van der Waals surface area contributed by atoms with Crippen molar-refractivity contribution in [1.82, 2.24) is 4.98 Å². The maximum Gasteiger partial charge on any atom is 0.259 e. The van der Waals surface area contributed by atoms with Gasteiger partial charge in [-0.05, 0) is 16.8 Å². The molecule has 0 saturated heterocycles. The standard InChI is InChI=1S/C19H12FNO/c20-18-17(14-8-2-1-3-9-14)22-19(21-18)16-12-6-10-13-7-4-5-11-15(13)16/h1-12H. The van der Waals surface area contributed by atoms with E-state index in [1.54, 1.807) is 12.1 Å². The number of hydrogen-bond acceptors (Lipinski definition) is 2. The van der Waals surface area contributed by atoms with E-state index in [1.165, 1.54) is 0 Å². The quantitative estimate of drug-likeness (QED) is 0.500. The Bertz CT molecular complexity index is 939. The highest BCUT2D eigenvalue weighted by Gasteiger charge is 2.17. The van der Waals surface area contributed by atoms with Gasteiger partial charge in [-0.25, -0.2) is 0 Å². The largest absolute Gasteiger partial charge is 0.433 e. The van der Waals surface area contributed by atoms with Crippen LogP contribution in [0, 0.1) is 5.95 Å². The minimum absolute atomic E-state index is 0.170. The first-order valence-corrected chi connectivity index (χ1v) is 7.03. The molecule has 22 heavy (non-hydrogen) atoms. The molecule has 0 spiro atoms. The van der Waals surface area contributed by atoms with E-state index in [0.717, 1.165) is 16.3 Å². The van der Waals surface area contributed by atoms with E-state index in [9.17, 15) is 4.39 Å². The Morgan fingerprint density at radius 1 is 0.773 bits per heavy atom. The van der Waals surface area contributed by atoms with Crippen LogP contribution >= 0.6 is 0 Å². The van der Waals surface area contributed by atoms with Gasteiger partial charge in [-0.2, -0.15) is 9.37 Å². The molecule has 0 aliphatic heterocycles. The molecular formula is C19H12FNO. The van der Waals surface area contributed by atoms with Crippen LogP contribution in [-0.2, 0) is 0 Å². The molecular weight excluding hydrogens is 277 g/mol. The van der Waals surface area contributed by atoms with Gasteiger partial charge in [0.1, 0.15) is 0 Å². The Labute approximate surface area is 126 Å². The molecule has 106 valence electrons. The van der Waals surface area contributed by atoms with Gasteiger partial charge in [0.05, 0.1) is 0 Å². The summed E-state index contributed by atoms with van der Waals surface area (Å²) in [5, 5.41) is 2.06. The van der Waals surface area contributed by atoms with Crippen LogP contribution in [0.3, 0.4) is 0 Å². The fourth-order valence-corrected chi connectivity index (χ4v) is 2.60. The second kappa shape index (κ2) is 5.11. The van der Waals surface area contributed by atoms with Gasteiger partial charge < -0.3 is 4.42 Å². The lowest BCUT2D eigenvalue weighted by molar-refractivity contribution is 0.556. The molecule has 0 aliphatic rings. The van der Waals surface area contributed by atoms with Crippen molar-refractivity contribution in [3.05, 3.63) is 78.7 Å². The highest BCUT2D eigenvalue weighted by molar-refractivity contribution is 5.94. The van der Waals surface area contributed by atoms with Gasteiger partial charge >= 0.3 is 0 Å². The topological polar surface area (TPSA) is 26.0 Å². The monoisotopic (exact) mass is 289 g/mol. The molecule has 0 fully saturated rings. The summed E-state index contributed by atoms with van der Waals surface area (Å²) in [6, 6.07) is 22.9. The molecule has 3 aromatic carbocycles. The van der Waals surface area contributed by atoms with Crippen molar-refractivity contribution in [2.75, 3.05) is 0 Å². The van der Waals surface area contributed by atoms with E-state index >= 15 is 0 Å². The van der Waals surface area contributed by atoms with E-state index in [-0.39, 0.29) is 5.76 Å². The molecule has 1 heterocycles. The molecule has 0 N–H and O–H groups in total. The van der Waals surface area contributed by atoms with Crippen LogP contribution in [-0.4, -0.2) is 4.98 Å². The number of halogens is 1. The third kappa shape index (κ3) is 2.07. The van der Waals surface area contributed by atoms with Gasteiger partial charge in [-0.1, -0.05) is 66.7 Å². The minimum atomic E-state index is -0.589. The van der Waals surface area contributed by atoms with Gasteiger partial charge in [-0.3, -0.25) is 0 Å². The first kappa shape index (κ1) is 12.8. The lowest BCUT2D eigenvalue weighted by Gasteiger charge is -2.02. The molecule has 4 aromatic rings. The van der Waals surface area contributed by atoms with Crippen LogP contribution in [0.2, 0.25) is 0 Å². The number of benzene rings is 3. The molecule has 0 unspecified atom stereocenters. The zero-order chi connectivity index (χ0) is 14.9. The predicted octanol–water partition coefficient (Wildman–Crippen LogP) is 5.30. The summed E-state index contributed by atoms with van der Waals surface area (Å²) >= 11 is 0. The van der Waals surface area contributed by atoms with Crippen molar-refractivity contribution in [2.45, 2.75) is 0 Å². The highest BCUT2D eigenvalue weighted by atomic mass is 19.1. The van der Waals surface area contributed by atoms with Crippen molar-refractivity contribution in [3.63, 3.8) is 0 Å². The van der Waals surface area contributed by atoms with Gasteiger partial charge in [0, 0.05) is 11.1 Å². The van der Waals surface area contributed by atoms with E-state index in [0.29, 0.717) is 11.5 Å². The number of nitrogens with zero attached hydrogens (tertiary/aromatic N) is 1. The summed E-state index contributed by atoms with van der Waals surface area (Å²) < 4.78 is 19.9. The number of hydrogen-bond donors (Lipinski definition) is 0. The average Bonchev–Trinajstić information content (AvgIpc) is 2.97. The molecule has 0 amide bonds. The van der Waals surface area contributed by atoms with Crippen molar-refractivity contribution < 1.29 is 8.81 Å². The van der Waals surface area contributed by atoms with Crippen LogP contribution in [0.15, 0.2) is 77.2 Å². The fraction of sp³-hybridized carbons (Fsp3) is 0. The van der Waals surface area contributed by atoms with E-state index < -0.39 is 5.95 Å². The molecule has 0 atom stereocenters. The molecule has 4 rings (SSSR count). The first-order chi connectivity index (χ1) is 10.8. The third-order valence-electron chi connectivity index (χ3n) is 3.64. The van der Waals surface area contributed by atoms with E-state index in [2.05, 4.69) is 4.98 Å². The minimum Gasteiger partial charge on any atom is -0.433 e. The first-order valence-electron chi connectivity index (χ1n) is 7.03. The molecule has 1 aromatic heterocycles. The fourth-order valence-electron chi connectivity index (χ4n) is 2.60. The smallest absolute Gasteiger partial charge is 0.259 e. The normalized spacial score (nSPS) is 11.0. The maximum atomic E-state index is 14.2. The summed E-state index contributed by atoms with van der Waals surface area (Å²) in [6.45, 7) is 0. The van der Waals surface area contributed by atoms with Crippen LogP contribution in [0.5, 0.6) is 0 Å². The number of oxazole rings is 1. The van der Waals surface area contributed by atoms with Gasteiger partial charge in [0.15, 0.2) is 5.76 Å². The van der Waals surface area contributed by atoms with Crippen LogP contribution in [0.1, 0.15) is 0 Å². The molecule has 0 bridgehead atoms. The Balaban J connectivity index is 1.90. The Morgan fingerprint density at radius 3 is 2.36 bits per heavy atom. The SMILES string of the molecule is Fc1nc(-c2cccc3ccccc23)oc1-c1ccccc1. The number of fused-ring (bicyclic) bond motifs is 1. The molecule has 0 radical (unpaired) electrons. The summed E-state index contributed by atoms with van der Waals surface area (Å²) in [6.07, 6.45) is 0. The van der Waals surface area contributed by atoms with Crippen molar-refractivity contribution in [2.24, 2.45) is 0 Å². The lowest BCUT2D eigenvalue weighted by Crippen LogP contribution is -1.81. The summed E-state index contributed by atoms with van der Waals surface area (Å²) in [7, 11) is 0. The second-order valence-electron chi connectivity index (χ2n) is 5.03. The zero-order valence-electron chi connectivity index (χ0n) is 11.7. The Morgan fingerprint density at radius 2 is 1.50 bits per heavy atom. The van der Waals surface area contributed by atoms with Crippen LogP contribution in [0.25, 0.3) is 33.6 Å². The molecule has 0 aliphatic carbocycles. The molecule has 0 saturated carbocycles. The van der Waals surface area contributed by atoms with Crippen molar-refractivity contribution in [3.8, 4) is 22.8 Å². The maximum absolute atomic E-state index is 14.2. The number of aromatic nitrogens is 1. The van der Waals surface area contributed by atoms with Gasteiger partial charge in [0.2, 0.25) is 5.89 Å². The number of rotatable bonds is 2. The van der Waals surface area contributed by atoms with E-state index in [1.807, 2.05) is 60.7 Å². The molecule has 2 nitrogen and oxygen atoms in total. The third-order valence-corrected chi connectivity index (χ3v) is 3.64.